The topological polar surface area (TPSA) is 93.6 Å². The van der Waals surface area contributed by atoms with Gasteiger partial charge in [0, 0.05) is 25.4 Å². The molecule has 0 saturated heterocycles. The fourth-order valence-electron chi connectivity index (χ4n) is 1.48. The van der Waals surface area contributed by atoms with Crippen molar-refractivity contribution < 1.29 is 17.6 Å². The first-order valence-electron chi connectivity index (χ1n) is 5.49. The standard InChI is InChI=1S/C11H18N2O4S/c1-13(7-9-3-5-17-8-9)11(14)10(12)4-6-18(2,15)16/h3,5,8,10H,4,6-7,12H2,1-2H3. The molecule has 1 unspecified atom stereocenters. The minimum absolute atomic E-state index is 0.0839. The predicted octanol–water partition coefficient (Wildman–Crippen LogP) is 0.000000000000000666. The molecule has 1 heterocycles. The van der Waals surface area contributed by atoms with Crippen LogP contribution in [0.25, 0.3) is 0 Å². The summed E-state index contributed by atoms with van der Waals surface area (Å²) in [4.78, 5) is 13.3. The van der Waals surface area contributed by atoms with Crippen LogP contribution in [0.1, 0.15) is 12.0 Å². The minimum atomic E-state index is -3.09. The van der Waals surface area contributed by atoms with Crippen molar-refractivity contribution in [3.05, 3.63) is 24.2 Å². The molecule has 1 rings (SSSR count). The lowest BCUT2D eigenvalue weighted by molar-refractivity contribution is -0.131. The highest BCUT2D eigenvalue weighted by Gasteiger charge is 2.19. The molecule has 7 heteroatoms. The van der Waals surface area contributed by atoms with Crippen LogP contribution >= 0.6 is 0 Å². The van der Waals surface area contributed by atoms with Crippen molar-refractivity contribution in [2.75, 3.05) is 19.1 Å². The summed E-state index contributed by atoms with van der Waals surface area (Å²) < 4.78 is 26.9. The SMILES string of the molecule is CN(Cc1ccoc1)C(=O)C(N)CCS(C)(=O)=O. The normalized spacial score (nSPS) is 13.3. The van der Waals surface area contributed by atoms with E-state index >= 15 is 0 Å². The number of rotatable bonds is 6. The summed E-state index contributed by atoms with van der Waals surface area (Å²) in [7, 11) is -1.47. The van der Waals surface area contributed by atoms with Gasteiger partial charge in [-0.15, -0.1) is 0 Å². The fraction of sp³-hybridized carbons (Fsp3) is 0.545. The largest absolute Gasteiger partial charge is 0.472 e. The van der Waals surface area contributed by atoms with Crippen molar-refractivity contribution >= 4 is 15.7 Å². The third-order valence-electron chi connectivity index (χ3n) is 2.49. The molecular formula is C11H18N2O4S. The van der Waals surface area contributed by atoms with Crippen LogP contribution < -0.4 is 5.73 Å². The molecule has 0 aliphatic heterocycles. The van der Waals surface area contributed by atoms with Gasteiger partial charge < -0.3 is 15.1 Å². The van der Waals surface area contributed by atoms with Gasteiger partial charge in [-0.25, -0.2) is 8.42 Å². The summed E-state index contributed by atoms with van der Waals surface area (Å²) in [5.74, 6) is -0.362. The van der Waals surface area contributed by atoms with E-state index in [1.165, 1.54) is 11.2 Å². The van der Waals surface area contributed by atoms with Gasteiger partial charge in [0.05, 0.1) is 24.3 Å². The number of sulfone groups is 1. The van der Waals surface area contributed by atoms with Gasteiger partial charge >= 0.3 is 0 Å². The Balaban J connectivity index is 2.47. The second kappa shape index (κ2) is 6.01. The molecule has 1 atom stereocenters. The first-order chi connectivity index (χ1) is 8.29. The number of nitrogens with two attached hydrogens (primary N) is 1. The zero-order chi connectivity index (χ0) is 13.8. The molecule has 102 valence electrons. The van der Waals surface area contributed by atoms with Gasteiger partial charge in [0.25, 0.3) is 0 Å². The number of amides is 1. The molecule has 18 heavy (non-hydrogen) atoms. The van der Waals surface area contributed by atoms with Crippen LogP contribution in [0.3, 0.4) is 0 Å². The second-order valence-corrected chi connectivity index (χ2v) is 6.61. The Bertz CT molecular complexity index is 481. The Hall–Kier alpha value is -1.34. The van der Waals surface area contributed by atoms with Crippen molar-refractivity contribution in [2.45, 2.75) is 19.0 Å². The molecule has 0 saturated carbocycles. The van der Waals surface area contributed by atoms with Crippen molar-refractivity contribution in [1.82, 2.24) is 4.90 Å². The summed E-state index contributed by atoms with van der Waals surface area (Å²) in [5.41, 5.74) is 6.54. The molecule has 0 fully saturated rings. The summed E-state index contributed by atoms with van der Waals surface area (Å²) in [5, 5.41) is 0. The van der Waals surface area contributed by atoms with Crippen LogP contribution in [0.15, 0.2) is 23.0 Å². The highest BCUT2D eigenvalue weighted by atomic mass is 32.2. The number of furan rings is 1. The Kier molecular flexibility index (Phi) is 4.92. The molecule has 0 aliphatic carbocycles. The average Bonchev–Trinajstić information content (AvgIpc) is 2.76. The lowest BCUT2D eigenvalue weighted by Gasteiger charge is -2.20. The number of carbonyl (C=O) groups is 1. The zero-order valence-electron chi connectivity index (χ0n) is 10.5. The van der Waals surface area contributed by atoms with E-state index in [4.69, 9.17) is 10.2 Å². The van der Waals surface area contributed by atoms with Gasteiger partial charge in [0.1, 0.15) is 9.84 Å². The number of nitrogens with zero attached hydrogens (tertiary/aromatic N) is 1. The molecule has 1 amide bonds. The maximum Gasteiger partial charge on any atom is 0.239 e. The van der Waals surface area contributed by atoms with Crippen molar-refractivity contribution in [3.63, 3.8) is 0 Å². The van der Waals surface area contributed by atoms with Crippen LogP contribution in [0.2, 0.25) is 0 Å². The second-order valence-electron chi connectivity index (χ2n) is 4.35. The summed E-state index contributed by atoms with van der Waals surface area (Å²) in [6.45, 7) is 0.391. The molecule has 0 radical (unpaired) electrons. The highest BCUT2D eigenvalue weighted by molar-refractivity contribution is 7.90. The van der Waals surface area contributed by atoms with Crippen LogP contribution in [0.4, 0.5) is 0 Å². The Morgan fingerprint density at radius 1 is 1.56 bits per heavy atom. The summed E-state index contributed by atoms with van der Waals surface area (Å²) >= 11 is 0. The third-order valence-corrected chi connectivity index (χ3v) is 3.47. The monoisotopic (exact) mass is 274 g/mol. The molecule has 0 bridgehead atoms. The first-order valence-corrected chi connectivity index (χ1v) is 7.55. The molecular weight excluding hydrogens is 256 g/mol. The fourth-order valence-corrected chi connectivity index (χ4v) is 2.16. The summed E-state index contributed by atoms with van der Waals surface area (Å²) in [6, 6.07) is 0.961. The van der Waals surface area contributed by atoms with E-state index in [9.17, 15) is 13.2 Å². The lowest BCUT2D eigenvalue weighted by Crippen LogP contribution is -2.42. The van der Waals surface area contributed by atoms with Gasteiger partial charge in [0.15, 0.2) is 0 Å². The lowest BCUT2D eigenvalue weighted by atomic mass is 10.2. The predicted molar refractivity (Wildman–Crippen MR) is 67.5 cm³/mol. The van der Waals surface area contributed by atoms with Crippen LogP contribution in [0, 0.1) is 0 Å². The number of hydrogen-bond acceptors (Lipinski definition) is 5. The smallest absolute Gasteiger partial charge is 0.239 e. The number of hydrogen-bond donors (Lipinski definition) is 1. The summed E-state index contributed by atoms with van der Waals surface area (Å²) in [6.07, 6.45) is 4.33. The molecule has 0 aliphatic rings. The van der Waals surface area contributed by atoms with Crippen molar-refractivity contribution in [1.29, 1.82) is 0 Å². The van der Waals surface area contributed by atoms with Gasteiger partial charge in [0.2, 0.25) is 5.91 Å². The minimum Gasteiger partial charge on any atom is -0.472 e. The maximum absolute atomic E-state index is 11.9. The first kappa shape index (κ1) is 14.7. The van der Waals surface area contributed by atoms with Crippen LogP contribution in [-0.2, 0) is 21.2 Å². The van der Waals surface area contributed by atoms with Crippen molar-refractivity contribution in [2.24, 2.45) is 5.73 Å². The van der Waals surface area contributed by atoms with Crippen molar-refractivity contribution in [3.8, 4) is 0 Å². The molecule has 1 aromatic rings. The van der Waals surface area contributed by atoms with E-state index in [0.717, 1.165) is 11.8 Å². The Labute approximate surface area is 107 Å². The maximum atomic E-state index is 11.9. The van der Waals surface area contributed by atoms with E-state index in [0.29, 0.717) is 6.54 Å². The van der Waals surface area contributed by atoms with E-state index in [-0.39, 0.29) is 18.1 Å². The van der Waals surface area contributed by atoms with Crippen LogP contribution in [-0.4, -0.2) is 44.3 Å². The Morgan fingerprint density at radius 2 is 2.22 bits per heavy atom. The van der Waals surface area contributed by atoms with Gasteiger partial charge in [-0.2, -0.15) is 0 Å². The molecule has 6 nitrogen and oxygen atoms in total. The van der Waals surface area contributed by atoms with E-state index in [1.54, 1.807) is 19.4 Å². The van der Waals surface area contributed by atoms with E-state index < -0.39 is 15.9 Å². The van der Waals surface area contributed by atoms with Gasteiger partial charge in [-0.3, -0.25) is 4.79 Å². The Morgan fingerprint density at radius 3 is 2.72 bits per heavy atom. The average molecular weight is 274 g/mol. The number of likely N-dealkylation sites (N-methyl/N-ethyl adjacent to an activating group) is 1. The third kappa shape index (κ3) is 4.89. The quantitative estimate of drug-likeness (QED) is 0.788. The van der Waals surface area contributed by atoms with Crippen LogP contribution in [0.5, 0.6) is 0 Å². The van der Waals surface area contributed by atoms with Gasteiger partial charge in [-0.05, 0) is 12.5 Å². The van der Waals surface area contributed by atoms with Gasteiger partial charge in [-0.1, -0.05) is 0 Å². The van der Waals surface area contributed by atoms with E-state index in [2.05, 4.69) is 0 Å². The molecule has 2 N–H and O–H groups in total. The number of carbonyl (C=O) groups excluding carboxylic acids is 1. The zero-order valence-corrected chi connectivity index (χ0v) is 11.3. The molecule has 0 spiro atoms. The highest BCUT2D eigenvalue weighted by Crippen LogP contribution is 2.06. The molecule has 1 aromatic heterocycles. The molecule has 0 aromatic carbocycles. The van der Waals surface area contributed by atoms with E-state index in [1.807, 2.05) is 0 Å².